The van der Waals surface area contributed by atoms with Crippen LogP contribution in [0.5, 0.6) is 0 Å². The van der Waals surface area contributed by atoms with Crippen LogP contribution in [-0.2, 0) is 14.3 Å². The summed E-state index contributed by atoms with van der Waals surface area (Å²) in [5.74, 6) is -0.837. The van der Waals surface area contributed by atoms with Crippen molar-refractivity contribution in [3.05, 3.63) is 35.9 Å². The lowest BCUT2D eigenvalue weighted by atomic mass is 10.1. The summed E-state index contributed by atoms with van der Waals surface area (Å²) >= 11 is 0. The summed E-state index contributed by atoms with van der Waals surface area (Å²) in [4.78, 5) is 20.6. The van der Waals surface area contributed by atoms with Gasteiger partial charge < -0.3 is 4.74 Å². The summed E-state index contributed by atoms with van der Waals surface area (Å²) in [6.45, 7) is 1.72. The Morgan fingerprint density at radius 3 is 2.54 bits per heavy atom. The molecule has 0 saturated carbocycles. The van der Waals surface area contributed by atoms with Crippen molar-refractivity contribution in [1.82, 2.24) is 0 Å². The number of hydrogen-bond donors (Lipinski definition) is 0. The maximum absolute atomic E-state index is 10.6. The van der Waals surface area contributed by atoms with E-state index in [0.29, 0.717) is 0 Å². The van der Waals surface area contributed by atoms with Crippen LogP contribution in [0.3, 0.4) is 0 Å². The Bertz CT molecular complexity index is 292. The van der Waals surface area contributed by atoms with Gasteiger partial charge in [-0.2, -0.15) is 0 Å². The highest BCUT2D eigenvalue weighted by molar-refractivity contribution is 6.20. The van der Waals surface area contributed by atoms with Crippen LogP contribution in [0.1, 0.15) is 18.6 Å². The van der Waals surface area contributed by atoms with Gasteiger partial charge in [-0.15, -0.1) is 0 Å². The first-order valence-electron chi connectivity index (χ1n) is 3.95. The number of ether oxygens (including phenoxy) is 1. The molecule has 0 N–H and O–H groups in total. The van der Waals surface area contributed by atoms with Gasteiger partial charge in [0.25, 0.3) is 0 Å². The Morgan fingerprint density at radius 1 is 1.38 bits per heavy atom. The van der Waals surface area contributed by atoms with Crippen LogP contribution >= 0.6 is 0 Å². The van der Waals surface area contributed by atoms with Gasteiger partial charge in [-0.1, -0.05) is 30.3 Å². The molecule has 13 heavy (non-hydrogen) atoms. The lowest BCUT2D eigenvalue weighted by Crippen LogP contribution is -2.09. The van der Waals surface area contributed by atoms with E-state index in [4.69, 9.17) is 4.74 Å². The number of esters is 1. The largest absolute Gasteiger partial charge is 0.452 e. The van der Waals surface area contributed by atoms with Gasteiger partial charge in [-0.3, -0.25) is 4.79 Å². The molecule has 0 saturated heterocycles. The molecule has 0 unspecified atom stereocenters. The Hall–Kier alpha value is -1.64. The predicted octanol–water partition coefficient (Wildman–Crippen LogP) is 1.49. The maximum atomic E-state index is 10.6. The molecule has 0 radical (unpaired) electrons. The Labute approximate surface area is 76.3 Å². The molecule has 0 amide bonds. The fraction of sp³-hybridized carbons (Fsp3) is 0.200. The van der Waals surface area contributed by atoms with Crippen molar-refractivity contribution in [2.75, 3.05) is 0 Å². The summed E-state index contributed by atoms with van der Waals surface area (Å²) in [6, 6.07) is 9.24. The van der Waals surface area contributed by atoms with E-state index in [9.17, 15) is 9.59 Å². The summed E-state index contributed by atoms with van der Waals surface area (Å²) in [5.41, 5.74) is 0.873. The highest BCUT2D eigenvalue weighted by Crippen LogP contribution is 2.15. The number of rotatable bonds is 3. The number of carbonyl (C=O) groups is 2. The van der Waals surface area contributed by atoms with Gasteiger partial charge in [0.15, 0.2) is 0 Å². The molecule has 1 aromatic carbocycles. The third-order valence-corrected chi connectivity index (χ3v) is 1.66. The zero-order valence-electron chi connectivity index (χ0n) is 7.27. The first-order valence-corrected chi connectivity index (χ1v) is 3.95. The number of benzene rings is 1. The molecule has 0 aromatic heterocycles. The van der Waals surface area contributed by atoms with Crippen LogP contribution in [-0.4, -0.2) is 12.3 Å². The van der Waals surface area contributed by atoms with Crippen LogP contribution in [0, 0.1) is 0 Å². The lowest BCUT2D eigenvalue weighted by Gasteiger charge is -2.10. The van der Waals surface area contributed by atoms with E-state index in [1.54, 1.807) is 6.92 Å². The van der Waals surface area contributed by atoms with Crippen molar-refractivity contribution in [2.45, 2.75) is 13.0 Å². The fourth-order valence-electron chi connectivity index (χ4n) is 0.994. The summed E-state index contributed by atoms with van der Waals surface area (Å²) in [5, 5.41) is 0. The van der Waals surface area contributed by atoms with Crippen LogP contribution in [0.25, 0.3) is 0 Å². The molecule has 0 fully saturated rings. The van der Waals surface area contributed by atoms with Crippen molar-refractivity contribution in [3.8, 4) is 0 Å². The van der Waals surface area contributed by atoms with E-state index < -0.39 is 5.97 Å². The van der Waals surface area contributed by atoms with E-state index in [-0.39, 0.29) is 12.4 Å². The van der Waals surface area contributed by atoms with Crippen molar-refractivity contribution in [2.24, 2.45) is 0 Å². The molecule has 0 heterocycles. The number of aldehydes is 1. The van der Waals surface area contributed by atoms with Gasteiger partial charge in [0, 0.05) is 0 Å². The molecular formula is C10H10O3. The molecule has 1 atom stereocenters. The van der Waals surface area contributed by atoms with Gasteiger partial charge in [0.2, 0.25) is 6.29 Å². The zero-order chi connectivity index (χ0) is 9.68. The van der Waals surface area contributed by atoms with Gasteiger partial charge in [-0.05, 0) is 12.5 Å². The molecule has 0 aliphatic rings. The van der Waals surface area contributed by atoms with Gasteiger partial charge in [-0.25, -0.2) is 4.79 Å². The van der Waals surface area contributed by atoms with E-state index in [2.05, 4.69) is 0 Å². The average molecular weight is 178 g/mol. The topological polar surface area (TPSA) is 43.4 Å². The van der Waals surface area contributed by atoms with Crippen LogP contribution < -0.4 is 0 Å². The Balaban J connectivity index is 2.63. The second-order valence-electron chi connectivity index (χ2n) is 2.61. The molecule has 0 spiro atoms. The quantitative estimate of drug-likeness (QED) is 0.400. The van der Waals surface area contributed by atoms with E-state index in [1.165, 1.54) is 0 Å². The molecule has 0 aliphatic carbocycles. The third kappa shape index (κ3) is 2.71. The van der Waals surface area contributed by atoms with E-state index in [1.807, 2.05) is 30.3 Å². The minimum atomic E-state index is -0.837. The highest BCUT2D eigenvalue weighted by Gasteiger charge is 2.09. The van der Waals surface area contributed by atoms with Crippen molar-refractivity contribution >= 4 is 12.3 Å². The molecular weight excluding hydrogens is 168 g/mol. The Kier molecular flexibility index (Phi) is 3.20. The van der Waals surface area contributed by atoms with E-state index >= 15 is 0 Å². The van der Waals surface area contributed by atoms with Gasteiger partial charge in [0.05, 0.1) is 0 Å². The minimum absolute atomic E-state index is 0.166. The second kappa shape index (κ2) is 4.40. The summed E-state index contributed by atoms with van der Waals surface area (Å²) in [6.07, 6.45) is -0.210. The summed E-state index contributed by atoms with van der Waals surface area (Å²) < 4.78 is 4.78. The zero-order valence-corrected chi connectivity index (χ0v) is 7.27. The molecule has 68 valence electrons. The molecule has 1 aromatic rings. The van der Waals surface area contributed by atoms with Crippen molar-refractivity contribution < 1.29 is 14.3 Å². The molecule has 3 heteroatoms. The number of hydrogen-bond acceptors (Lipinski definition) is 3. The normalized spacial score (nSPS) is 11.8. The fourth-order valence-corrected chi connectivity index (χ4v) is 0.994. The van der Waals surface area contributed by atoms with Gasteiger partial charge >= 0.3 is 5.97 Å². The Morgan fingerprint density at radius 2 is 2.00 bits per heavy atom. The lowest BCUT2D eigenvalue weighted by molar-refractivity contribution is -0.152. The van der Waals surface area contributed by atoms with Crippen molar-refractivity contribution in [1.29, 1.82) is 0 Å². The average Bonchev–Trinajstić information content (AvgIpc) is 2.19. The van der Waals surface area contributed by atoms with Crippen LogP contribution in [0.15, 0.2) is 30.3 Å². The predicted molar refractivity (Wildman–Crippen MR) is 47.0 cm³/mol. The minimum Gasteiger partial charge on any atom is -0.452 e. The second-order valence-corrected chi connectivity index (χ2v) is 2.61. The van der Waals surface area contributed by atoms with Crippen molar-refractivity contribution in [3.63, 3.8) is 0 Å². The molecule has 1 rings (SSSR count). The van der Waals surface area contributed by atoms with Crippen LogP contribution in [0.2, 0.25) is 0 Å². The first kappa shape index (κ1) is 9.45. The smallest absolute Gasteiger partial charge is 0.371 e. The standard InChI is InChI=1S/C10H10O3/c1-8(13-10(12)7-11)9-5-3-2-4-6-9/h2-8H,1H3/t8-/m0/s1. The van der Waals surface area contributed by atoms with Gasteiger partial charge in [0.1, 0.15) is 6.10 Å². The SMILES string of the molecule is C[C@H](OC(=O)C=O)c1ccccc1. The summed E-state index contributed by atoms with van der Waals surface area (Å²) in [7, 11) is 0. The molecule has 0 aliphatic heterocycles. The third-order valence-electron chi connectivity index (χ3n) is 1.66. The first-order chi connectivity index (χ1) is 6.24. The molecule has 3 nitrogen and oxygen atoms in total. The highest BCUT2D eigenvalue weighted by atomic mass is 16.5. The van der Waals surface area contributed by atoms with E-state index in [0.717, 1.165) is 5.56 Å². The monoisotopic (exact) mass is 178 g/mol. The maximum Gasteiger partial charge on any atom is 0.371 e. The van der Waals surface area contributed by atoms with Crippen LogP contribution in [0.4, 0.5) is 0 Å². The number of carbonyl (C=O) groups excluding carboxylic acids is 2. The molecule has 0 bridgehead atoms.